The van der Waals surface area contributed by atoms with Crippen LogP contribution in [0.15, 0.2) is 60.7 Å². The van der Waals surface area contributed by atoms with Crippen molar-refractivity contribution in [2.45, 2.75) is 18.8 Å². The van der Waals surface area contributed by atoms with E-state index in [0.717, 1.165) is 31.5 Å². The van der Waals surface area contributed by atoms with Crippen molar-refractivity contribution in [1.29, 1.82) is 0 Å². The van der Waals surface area contributed by atoms with Crippen LogP contribution in [-0.4, -0.2) is 47.1 Å². The highest BCUT2D eigenvalue weighted by Gasteiger charge is 2.22. The molecule has 3 aromatic rings. The van der Waals surface area contributed by atoms with E-state index < -0.39 is 11.9 Å². The van der Waals surface area contributed by atoms with Gasteiger partial charge in [-0.2, -0.15) is 0 Å². The largest absolute Gasteiger partial charge is 0.507 e. The summed E-state index contributed by atoms with van der Waals surface area (Å²) in [5.74, 6) is -2.05. The third-order valence-electron chi connectivity index (χ3n) is 6.13. The maximum absolute atomic E-state index is 13.3. The number of carboxylic acids is 1. The van der Waals surface area contributed by atoms with Crippen molar-refractivity contribution in [3.63, 3.8) is 0 Å². The summed E-state index contributed by atoms with van der Waals surface area (Å²) in [5, 5.41) is 22.6. The number of nitrogens with one attached hydrogen (secondary N) is 1. The minimum atomic E-state index is -1.19. The van der Waals surface area contributed by atoms with Crippen molar-refractivity contribution in [2.75, 3.05) is 25.5 Å². The number of carbonyl (C=O) groups is 2. The molecule has 0 radical (unpaired) electrons. The number of halogens is 1. The molecule has 4 rings (SSSR count). The van der Waals surface area contributed by atoms with Crippen LogP contribution in [0.1, 0.15) is 45.0 Å². The molecule has 1 aliphatic rings. The van der Waals surface area contributed by atoms with Crippen LogP contribution in [0, 0.1) is 5.82 Å². The van der Waals surface area contributed by atoms with Crippen LogP contribution in [0.5, 0.6) is 5.75 Å². The van der Waals surface area contributed by atoms with Crippen molar-refractivity contribution in [2.24, 2.45) is 0 Å². The Bertz CT molecular complexity index is 1190. The SMILES string of the molecule is CN1CCC(c2ccc(O)c(C(=O)Nc3cc(-c4ccc(F)cc4)ccc3C(=O)O)c2)CC1. The van der Waals surface area contributed by atoms with E-state index in [9.17, 15) is 24.2 Å². The van der Waals surface area contributed by atoms with E-state index in [-0.39, 0.29) is 28.4 Å². The van der Waals surface area contributed by atoms with E-state index in [1.165, 1.54) is 30.3 Å². The maximum Gasteiger partial charge on any atom is 0.337 e. The van der Waals surface area contributed by atoms with E-state index in [0.29, 0.717) is 17.0 Å². The van der Waals surface area contributed by atoms with Gasteiger partial charge in [-0.1, -0.05) is 24.3 Å². The van der Waals surface area contributed by atoms with Crippen LogP contribution < -0.4 is 5.32 Å². The predicted molar refractivity (Wildman–Crippen MR) is 124 cm³/mol. The fourth-order valence-electron chi connectivity index (χ4n) is 4.18. The lowest BCUT2D eigenvalue weighted by molar-refractivity contribution is 0.0698. The molecule has 0 bridgehead atoms. The van der Waals surface area contributed by atoms with Gasteiger partial charge in [0.25, 0.3) is 5.91 Å². The quantitative estimate of drug-likeness (QED) is 0.513. The van der Waals surface area contributed by atoms with Gasteiger partial charge in [-0.3, -0.25) is 4.79 Å². The maximum atomic E-state index is 13.3. The van der Waals surface area contributed by atoms with E-state index in [1.807, 2.05) is 6.07 Å². The molecule has 7 heteroatoms. The minimum Gasteiger partial charge on any atom is -0.507 e. The summed E-state index contributed by atoms with van der Waals surface area (Å²) in [5.41, 5.74) is 2.38. The molecular formula is C26H25FN2O4. The Kier molecular flexibility index (Phi) is 6.42. The first-order chi connectivity index (χ1) is 15.8. The molecule has 1 heterocycles. The van der Waals surface area contributed by atoms with Crippen LogP contribution in [0.25, 0.3) is 11.1 Å². The second-order valence-electron chi connectivity index (χ2n) is 8.38. The van der Waals surface area contributed by atoms with Gasteiger partial charge in [-0.05, 0) is 92.0 Å². The number of piperidine rings is 1. The summed E-state index contributed by atoms with van der Waals surface area (Å²) < 4.78 is 13.3. The average molecular weight is 448 g/mol. The average Bonchev–Trinajstić information content (AvgIpc) is 2.80. The predicted octanol–water partition coefficient (Wildman–Crippen LogP) is 4.96. The molecule has 1 saturated heterocycles. The number of carboxylic acid groups (broad SMARTS) is 1. The first-order valence-electron chi connectivity index (χ1n) is 10.8. The highest BCUT2D eigenvalue weighted by atomic mass is 19.1. The Morgan fingerprint density at radius 2 is 1.61 bits per heavy atom. The number of nitrogens with zero attached hydrogens (tertiary/aromatic N) is 1. The summed E-state index contributed by atoms with van der Waals surface area (Å²) in [7, 11) is 2.08. The monoisotopic (exact) mass is 448 g/mol. The summed E-state index contributed by atoms with van der Waals surface area (Å²) in [6.45, 7) is 1.93. The molecule has 0 unspecified atom stereocenters. The molecule has 1 amide bonds. The first kappa shape index (κ1) is 22.5. The Morgan fingerprint density at radius 1 is 0.939 bits per heavy atom. The summed E-state index contributed by atoms with van der Waals surface area (Å²) >= 11 is 0. The summed E-state index contributed by atoms with van der Waals surface area (Å²) in [6, 6.07) is 15.3. The van der Waals surface area contributed by atoms with Crippen molar-refractivity contribution in [3.05, 3.63) is 83.2 Å². The molecule has 0 saturated carbocycles. The molecule has 1 fully saturated rings. The number of hydrogen-bond acceptors (Lipinski definition) is 4. The van der Waals surface area contributed by atoms with Gasteiger partial charge in [0.15, 0.2) is 0 Å². The fourth-order valence-corrected chi connectivity index (χ4v) is 4.18. The molecule has 6 nitrogen and oxygen atoms in total. The van der Waals surface area contributed by atoms with Gasteiger partial charge < -0.3 is 20.4 Å². The zero-order chi connectivity index (χ0) is 23.5. The summed E-state index contributed by atoms with van der Waals surface area (Å²) in [6.07, 6.45) is 1.93. The Hall–Kier alpha value is -3.71. The molecule has 1 aliphatic heterocycles. The fraction of sp³-hybridized carbons (Fsp3) is 0.231. The lowest BCUT2D eigenvalue weighted by Crippen LogP contribution is -2.29. The van der Waals surface area contributed by atoms with Crippen LogP contribution >= 0.6 is 0 Å². The van der Waals surface area contributed by atoms with E-state index in [4.69, 9.17) is 0 Å². The number of hydrogen-bond donors (Lipinski definition) is 3. The Labute approximate surface area is 191 Å². The number of aromatic carboxylic acids is 1. The highest BCUT2D eigenvalue weighted by molar-refractivity contribution is 6.09. The smallest absolute Gasteiger partial charge is 0.337 e. The van der Waals surface area contributed by atoms with Crippen LogP contribution in [0.2, 0.25) is 0 Å². The number of rotatable bonds is 5. The third kappa shape index (κ3) is 5.04. The van der Waals surface area contributed by atoms with Crippen molar-refractivity contribution in [3.8, 4) is 16.9 Å². The van der Waals surface area contributed by atoms with Gasteiger partial charge in [0.1, 0.15) is 11.6 Å². The number of amides is 1. The number of phenolic OH excluding ortho intramolecular Hbond substituents is 1. The molecule has 0 atom stereocenters. The van der Waals surface area contributed by atoms with Crippen molar-refractivity contribution >= 4 is 17.6 Å². The molecule has 0 aliphatic carbocycles. The minimum absolute atomic E-state index is 0.0832. The number of phenols is 1. The molecule has 0 aromatic heterocycles. The molecule has 170 valence electrons. The third-order valence-corrected chi connectivity index (χ3v) is 6.13. The van der Waals surface area contributed by atoms with Crippen LogP contribution in [0.3, 0.4) is 0 Å². The lowest BCUT2D eigenvalue weighted by atomic mass is 9.88. The van der Waals surface area contributed by atoms with Gasteiger partial charge in [0, 0.05) is 0 Å². The normalized spacial score (nSPS) is 14.7. The van der Waals surface area contributed by atoms with E-state index in [1.54, 1.807) is 24.3 Å². The van der Waals surface area contributed by atoms with E-state index >= 15 is 0 Å². The van der Waals surface area contributed by atoms with Gasteiger partial charge in [0.2, 0.25) is 0 Å². The zero-order valence-electron chi connectivity index (χ0n) is 18.2. The van der Waals surface area contributed by atoms with Crippen molar-refractivity contribution < 1.29 is 24.2 Å². The number of carbonyl (C=O) groups excluding carboxylic acids is 1. The van der Waals surface area contributed by atoms with Crippen LogP contribution in [-0.2, 0) is 0 Å². The molecule has 0 spiro atoms. The van der Waals surface area contributed by atoms with Gasteiger partial charge in [-0.25, -0.2) is 9.18 Å². The topological polar surface area (TPSA) is 89.9 Å². The second kappa shape index (κ2) is 9.42. The van der Waals surface area contributed by atoms with Gasteiger partial charge in [0.05, 0.1) is 16.8 Å². The zero-order valence-corrected chi connectivity index (χ0v) is 18.2. The summed E-state index contributed by atoms with van der Waals surface area (Å²) in [4.78, 5) is 27.1. The van der Waals surface area contributed by atoms with Crippen LogP contribution in [0.4, 0.5) is 10.1 Å². The van der Waals surface area contributed by atoms with Gasteiger partial charge in [-0.15, -0.1) is 0 Å². The second-order valence-corrected chi connectivity index (χ2v) is 8.38. The highest BCUT2D eigenvalue weighted by Crippen LogP contribution is 2.32. The molecule has 33 heavy (non-hydrogen) atoms. The number of benzene rings is 3. The lowest BCUT2D eigenvalue weighted by Gasteiger charge is -2.29. The Balaban J connectivity index is 1.63. The number of anilines is 1. The number of aromatic hydroxyl groups is 1. The van der Waals surface area contributed by atoms with E-state index in [2.05, 4.69) is 17.3 Å². The molecule has 3 aromatic carbocycles. The standard InChI is InChI=1S/C26H25FN2O4/c1-29-12-10-17(11-13-29)18-5-9-24(30)22(14-18)25(31)28-23-15-19(4-8-21(23)26(32)33)16-2-6-20(27)7-3-16/h2-9,14-15,17,30H,10-13H2,1H3,(H,28,31)(H,32,33). The molecule has 3 N–H and O–H groups in total. The van der Waals surface area contributed by atoms with Gasteiger partial charge >= 0.3 is 5.97 Å². The Morgan fingerprint density at radius 3 is 2.27 bits per heavy atom. The van der Waals surface area contributed by atoms with Crippen molar-refractivity contribution in [1.82, 2.24) is 4.90 Å². The first-order valence-corrected chi connectivity index (χ1v) is 10.8. The number of likely N-dealkylation sites (tertiary alicyclic amines) is 1. The molecular weight excluding hydrogens is 423 g/mol.